The van der Waals surface area contributed by atoms with Crippen LogP contribution < -0.4 is 15.3 Å². The summed E-state index contributed by atoms with van der Waals surface area (Å²) in [7, 11) is 1.66. The molecular weight excluding hydrogens is 394 g/mol. The molecule has 0 bridgehead atoms. The lowest BCUT2D eigenvalue weighted by molar-refractivity contribution is -0.152. The average molecular weight is 424 g/mol. The topological polar surface area (TPSA) is 63.2 Å². The summed E-state index contributed by atoms with van der Waals surface area (Å²) in [6.45, 7) is 9.65. The van der Waals surface area contributed by atoms with Crippen molar-refractivity contribution in [2.75, 3.05) is 18.7 Å². The fraction of sp³-hybridized carbons (Fsp3) is 0.455. The van der Waals surface area contributed by atoms with Crippen LogP contribution in [-0.2, 0) is 16.3 Å². The van der Waals surface area contributed by atoms with Crippen molar-refractivity contribution in [1.29, 1.82) is 0 Å². The number of hydroxylamine groups is 2. The molecule has 0 saturated carbocycles. The van der Waals surface area contributed by atoms with Gasteiger partial charge in [-0.3, -0.25) is 14.7 Å². The van der Waals surface area contributed by atoms with Gasteiger partial charge >= 0.3 is 0 Å². The SMILES string of the molecule is CCNOCc1ccc(Oc2ccc(F)cc2F)c(N(C)OC(C)(C)C(C)(C)O)c1. The number of benzene rings is 2. The van der Waals surface area contributed by atoms with Gasteiger partial charge in [-0.25, -0.2) is 14.3 Å². The van der Waals surface area contributed by atoms with Crippen LogP contribution in [0.4, 0.5) is 14.5 Å². The number of nitrogens with zero attached hydrogens (tertiary/aromatic N) is 1. The van der Waals surface area contributed by atoms with E-state index in [0.29, 0.717) is 18.0 Å². The number of halogens is 2. The van der Waals surface area contributed by atoms with Gasteiger partial charge in [-0.05, 0) is 57.5 Å². The molecular formula is C22H30F2N2O4. The highest BCUT2D eigenvalue weighted by molar-refractivity contribution is 5.59. The monoisotopic (exact) mass is 424 g/mol. The van der Waals surface area contributed by atoms with Gasteiger partial charge in [0.05, 0.1) is 12.2 Å². The molecule has 0 unspecified atom stereocenters. The summed E-state index contributed by atoms with van der Waals surface area (Å²) in [4.78, 5) is 11.3. The Morgan fingerprint density at radius 2 is 1.70 bits per heavy atom. The van der Waals surface area contributed by atoms with E-state index in [1.807, 2.05) is 6.92 Å². The van der Waals surface area contributed by atoms with Crippen molar-refractivity contribution in [3.05, 3.63) is 53.6 Å². The lowest BCUT2D eigenvalue weighted by atomic mass is 9.90. The molecule has 0 amide bonds. The highest BCUT2D eigenvalue weighted by Gasteiger charge is 2.38. The molecule has 0 spiro atoms. The number of aliphatic hydroxyl groups is 1. The zero-order chi connectivity index (χ0) is 22.5. The molecule has 0 fully saturated rings. The quantitative estimate of drug-likeness (QED) is 0.425. The lowest BCUT2D eigenvalue weighted by Crippen LogP contribution is -2.50. The summed E-state index contributed by atoms with van der Waals surface area (Å²) in [6, 6.07) is 8.29. The third-order valence-electron chi connectivity index (χ3n) is 4.80. The standard InChI is InChI=1S/C22H30F2N2O4/c1-7-25-28-14-15-8-10-20(29-19-11-9-16(23)13-17(19)24)18(12-15)26(6)30-22(4,5)21(2,3)27/h8-13,25,27H,7,14H2,1-6H3. The van der Waals surface area contributed by atoms with Gasteiger partial charge in [0.1, 0.15) is 17.1 Å². The molecule has 2 N–H and O–H groups in total. The van der Waals surface area contributed by atoms with Crippen LogP contribution in [0.1, 0.15) is 40.2 Å². The molecule has 0 aliphatic carbocycles. The fourth-order valence-corrected chi connectivity index (χ4v) is 2.40. The molecule has 2 rings (SSSR count). The van der Waals surface area contributed by atoms with Crippen LogP contribution in [0.2, 0.25) is 0 Å². The second kappa shape index (κ2) is 9.70. The molecule has 0 radical (unpaired) electrons. The van der Waals surface area contributed by atoms with Gasteiger partial charge in [0.2, 0.25) is 0 Å². The Labute approximate surface area is 176 Å². The molecule has 0 aromatic heterocycles. The first-order valence-electron chi connectivity index (χ1n) is 9.70. The van der Waals surface area contributed by atoms with Crippen molar-refractivity contribution in [3.8, 4) is 11.5 Å². The van der Waals surface area contributed by atoms with Gasteiger partial charge in [0, 0.05) is 19.7 Å². The third kappa shape index (κ3) is 6.12. The van der Waals surface area contributed by atoms with Crippen molar-refractivity contribution in [3.63, 3.8) is 0 Å². The molecule has 0 aliphatic rings. The first-order chi connectivity index (χ1) is 13.9. The Balaban J connectivity index is 2.37. The summed E-state index contributed by atoms with van der Waals surface area (Å²) in [6.07, 6.45) is 0. The highest BCUT2D eigenvalue weighted by Crippen LogP contribution is 2.36. The maximum Gasteiger partial charge on any atom is 0.168 e. The highest BCUT2D eigenvalue weighted by atomic mass is 19.1. The predicted octanol–water partition coefficient (Wildman–Crippen LogP) is 4.72. The Hall–Kier alpha value is -2.26. The summed E-state index contributed by atoms with van der Waals surface area (Å²) in [5.74, 6) is -1.34. The van der Waals surface area contributed by atoms with E-state index in [4.69, 9.17) is 14.4 Å². The van der Waals surface area contributed by atoms with E-state index in [0.717, 1.165) is 17.7 Å². The van der Waals surface area contributed by atoms with Gasteiger partial charge in [0.25, 0.3) is 0 Å². The van der Waals surface area contributed by atoms with E-state index in [1.165, 1.54) is 11.1 Å². The Morgan fingerprint density at radius 3 is 2.30 bits per heavy atom. The number of ether oxygens (including phenoxy) is 1. The van der Waals surface area contributed by atoms with Gasteiger partial charge in [-0.15, -0.1) is 0 Å². The summed E-state index contributed by atoms with van der Waals surface area (Å²) < 4.78 is 33.0. The Morgan fingerprint density at radius 1 is 1.03 bits per heavy atom. The van der Waals surface area contributed by atoms with Crippen LogP contribution in [0, 0.1) is 11.6 Å². The number of anilines is 1. The van der Waals surface area contributed by atoms with Crippen molar-refractivity contribution >= 4 is 5.69 Å². The molecule has 0 heterocycles. The van der Waals surface area contributed by atoms with Gasteiger partial charge in [0.15, 0.2) is 17.3 Å². The molecule has 30 heavy (non-hydrogen) atoms. The normalized spacial score (nSPS) is 12.2. The van der Waals surface area contributed by atoms with Crippen LogP contribution in [0.15, 0.2) is 36.4 Å². The molecule has 0 atom stereocenters. The van der Waals surface area contributed by atoms with Crippen molar-refractivity contribution < 1.29 is 28.3 Å². The Kier molecular flexibility index (Phi) is 7.76. The zero-order valence-electron chi connectivity index (χ0n) is 18.3. The first kappa shape index (κ1) is 24.0. The fourth-order valence-electron chi connectivity index (χ4n) is 2.40. The molecule has 2 aromatic rings. The average Bonchev–Trinajstić information content (AvgIpc) is 2.63. The van der Waals surface area contributed by atoms with E-state index in [9.17, 15) is 13.9 Å². The second-order valence-corrected chi connectivity index (χ2v) is 7.92. The third-order valence-corrected chi connectivity index (χ3v) is 4.80. The van der Waals surface area contributed by atoms with Gasteiger partial charge < -0.3 is 9.84 Å². The number of rotatable bonds is 10. The first-order valence-corrected chi connectivity index (χ1v) is 9.70. The summed E-state index contributed by atoms with van der Waals surface area (Å²) in [5, 5.41) is 11.9. The minimum Gasteiger partial charge on any atom is -0.452 e. The van der Waals surface area contributed by atoms with E-state index in [1.54, 1.807) is 52.9 Å². The van der Waals surface area contributed by atoms with Gasteiger partial charge in [-0.1, -0.05) is 13.0 Å². The van der Waals surface area contributed by atoms with E-state index >= 15 is 0 Å². The Bertz CT molecular complexity index is 854. The molecule has 6 nitrogen and oxygen atoms in total. The van der Waals surface area contributed by atoms with Crippen molar-refractivity contribution in [2.45, 2.75) is 52.4 Å². The minimum absolute atomic E-state index is 0.121. The maximum absolute atomic E-state index is 14.1. The van der Waals surface area contributed by atoms with Crippen LogP contribution in [-0.4, -0.2) is 29.9 Å². The summed E-state index contributed by atoms with van der Waals surface area (Å²) >= 11 is 0. The van der Waals surface area contributed by atoms with Crippen molar-refractivity contribution in [1.82, 2.24) is 5.48 Å². The van der Waals surface area contributed by atoms with Crippen LogP contribution in [0.3, 0.4) is 0 Å². The van der Waals surface area contributed by atoms with Crippen LogP contribution >= 0.6 is 0 Å². The van der Waals surface area contributed by atoms with Crippen molar-refractivity contribution in [2.24, 2.45) is 0 Å². The van der Waals surface area contributed by atoms with Crippen LogP contribution in [0.25, 0.3) is 0 Å². The second-order valence-electron chi connectivity index (χ2n) is 7.92. The molecule has 8 heteroatoms. The van der Waals surface area contributed by atoms with Gasteiger partial charge in [-0.2, -0.15) is 0 Å². The predicted molar refractivity (Wildman–Crippen MR) is 111 cm³/mol. The van der Waals surface area contributed by atoms with Crippen LogP contribution in [0.5, 0.6) is 11.5 Å². The van der Waals surface area contributed by atoms with E-state index in [2.05, 4.69) is 5.48 Å². The number of hydrogen-bond donors (Lipinski definition) is 2. The van der Waals surface area contributed by atoms with E-state index < -0.39 is 22.8 Å². The summed E-state index contributed by atoms with van der Waals surface area (Å²) in [5.41, 5.74) is 1.98. The molecule has 0 saturated heterocycles. The minimum atomic E-state index is -1.14. The van der Waals surface area contributed by atoms with E-state index in [-0.39, 0.29) is 12.4 Å². The zero-order valence-corrected chi connectivity index (χ0v) is 18.3. The number of nitrogens with one attached hydrogen (secondary N) is 1. The maximum atomic E-state index is 14.1. The largest absolute Gasteiger partial charge is 0.452 e. The smallest absolute Gasteiger partial charge is 0.168 e. The molecule has 0 aliphatic heterocycles. The lowest BCUT2D eigenvalue weighted by Gasteiger charge is -2.40. The molecule has 2 aromatic carbocycles. The molecule has 166 valence electrons. The number of hydrogen-bond acceptors (Lipinski definition) is 6.